The molecular formula is C54H88IN3O7Si2. The molecule has 0 spiro atoms. The molecule has 6 atom stereocenters. The standard InChI is InChI=1S/C54H88IN3O7Si2/c1-21-40(16)29-42(18)63-51(59)32-48(45-23-25-46(26-24-45)64-66(34(4)5,35(6)7)36(8)9)57-53(61)49(58(20)54(62)43(19)56-52(60)41(17)28-33(2)3)31-44-22-27-50(47(55)30-44)65-67(37(10)11,38(12)13)39(14)15/h21-27,30,34-43,48-49H,1-2,28-29,31-32H2,3-20H3,(H,56,60)(H,57,61)/t40-,41-,42-,43-,48+,49+/m0/s1. The Bertz CT molecular complexity index is 1920. The SMILES string of the molecule is C=C[C@H](C)C[C@H](C)OC(=O)C[C@@H](NC(=O)[C@@H](Cc1ccc(O[Si](C(C)C)(C(C)C)C(C)C)c(I)c1)N(C)C(=O)[C@H](C)NC(=O)[C@@H](C)CC(=C)C)c1ccc(O[Si](C(C)C)(C(C)C)C(C)C)cc1. The van der Waals surface area contributed by atoms with E-state index < -0.39 is 52.5 Å². The lowest BCUT2D eigenvalue weighted by Gasteiger charge is -2.42. The molecule has 0 aliphatic carbocycles. The first-order valence-corrected chi connectivity index (χ1v) is 30.0. The summed E-state index contributed by atoms with van der Waals surface area (Å²) in [4.78, 5) is 57.6. The van der Waals surface area contributed by atoms with Crippen LogP contribution in [0.25, 0.3) is 0 Å². The fraction of sp³-hybridized carbons (Fsp3) is 0.630. The molecule has 0 aromatic heterocycles. The molecule has 0 bridgehead atoms. The van der Waals surface area contributed by atoms with Crippen molar-refractivity contribution in [3.05, 3.63) is 82.0 Å². The number of allylic oxidation sites excluding steroid dienone is 2. The van der Waals surface area contributed by atoms with E-state index in [4.69, 9.17) is 13.6 Å². The number of nitrogens with zero attached hydrogens (tertiary/aromatic N) is 1. The highest BCUT2D eigenvalue weighted by atomic mass is 127. The number of hydrogen-bond acceptors (Lipinski definition) is 7. The zero-order valence-electron chi connectivity index (χ0n) is 44.5. The molecule has 0 heterocycles. The highest BCUT2D eigenvalue weighted by Gasteiger charge is 2.48. The van der Waals surface area contributed by atoms with Crippen LogP contribution in [0.15, 0.2) is 67.3 Å². The fourth-order valence-corrected chi connectivity index (χ4v) is 21.8. The van der Waals surface area contributed by atoms with Crippen molar-refractivity contribution in [2.75, 3.05) is 7.05 Å². The van der Waals surface area contributed by atoms with Gasteiger partial charge in [-0.05, 0) is 131 Å². The molecule has 0 radical (unpaired) electrons. The molecule has 67 heavy (non-hydrogen) atoms. The minimum absolute atomic E-state index is 0.143. The number of esters is 1. The summed E-state index contributed by atoms with van der Waals surface area (Å²) >= 11 is 2.31. The Labute approximate surface area is 422 Å². The number of benzene rings is 2. The molecular weight excluding hydrogens is 986 g/mol. The smallest absolute Gasteiger partial charge is 0.308 e. The summed E-state index contributed by atoms with van der Waals surface area (Å²) in [5.41, 5.74) is 4.63. The van der Waals surface area contributed by atoms with Crippen LogP contribution in [-0.2, 0) is 30.3 Å². The zero-order valence-corrected chi connectivity index (χ0v) is 48.6. The van der Waals surface area contributed by atoms with E-state index in [9.17, 15) is 19.2 Å². The predicted octanol–water partition coefficient (Wildman–Crippen LogP) is 13.3. The Kier molecular flexibility index (Phi) is 23.6. The van der Waals surface area contributed by atoms with E-state index >= 15 is 0 Å². The molecule has 2 N–H and O–H groups in total. The van der Waals surface area contributed by atoms with Crippen LogP contribution in [0.1, 0.15) is 154 Å². The van der Waals surface area contributed by atoms with Crippen molar-refractivity contribution in [1.29, 1.82) is 0 Å². The van der Waals surface area contributed by atoms with Crippen LogP contribution in [0.3, 0.4) is 0 Å². The first-order chi connectivity index (χ1) is 31.0. The first kappa shape index (κ1) is 59.7. The summed E-state index contributed by atoms with van der Waals surface area (Å²) in [7, 11) is -2.95. The quantitative estimate of drug-likeness (QED) is 0.0395. The van der Waals surface area contributed by atoms with Gasteiger partial charge in [0.15, 0.2) is 0 Å². The third-order valence-electron chi connectivity index (χ3n) is 13.8. The molecule has 0 aliphatic rings. The molecule has 2 rings (SSSR count). The van der Waals surface area contributed by atoms with Gasteiger partial charge in [0.1, 0.15) is 23.6 Å². The van der Waals surface area contributed by atoms with Gasteiger partial charge in [0.05, 0.1) is 22.1 Å². The predicted molar refractivity (Wildman–Crippen MR) is 290 cm³/mol. The maximum absolute atomic E-state index is 15.0. The molecule has 0 unspecified atom stereocenters. The Morgan fingerprint density at radius 1 is 0.716 bits per heavy atom. The summed E-state index contributed by atoms with van der Waals surface area (Å²) in [6, 6.07) is 10.9. The number of ether oxygens (including phenoxy) is 1. The number of hydrogen-bond donors (Lipinski definition) is 2. The molecule has 0 saturated heterocycles. The molecule has 2 aromatic carbocycles. The van der Waals surface area contributed by atoms with E-state index in [2.05, 4.69) is 129 Å². The van der Waals surface area contributed by atoms with Crippen LogP contribution in [-0.4, -0.2) is 70.5 Å². The summed E-state index contributed by atoms with van der Waals surface area (Å²) in [5, 5.41) is 6.05. The molecule has 0 aliphatic heterocycles. The fourth-order valence-electron chi connectivity index (χ4n) is 10.4. The van der Waals surface area contributed by atoms with Crippen molar-refractivity contribution in [2.45, 2.75) is 201 Å². The van der Waals surface area contributed by atoms with Crippen LogP contribution >= 0.6 is 22.6 Å². The number of amides is 3. The molecule has 0 fully saturated rings. The van der Waals surface area contributed by atoms with Gasteiger partial charge in [0.25, 0.3) is 16.6 Å². The lowest BCUT2D eigenvalue weighted by Crippen LogP contribution is -2.55. The van der Waals surface area contributed by atoms with Crippen molar-refractivity contribution in [3.63, 3.8) is 0 Å². The third kappa shape index (κ3) is 16.1. The highest BCUT2D eigenvalue weighted by molar-refractivity contribution is 14.1. The van der Waals surface area contributed by atoms with Crippen LogP contribution in [0.5, 0.6) is 11.5 Å². The second-order valence-electron chi connectivity index (χ2n) is 21.1. The number of nitrogens with one attached hydrogen (secondary N) is 2. The Balaban J connectivity index is 2.71. The second kappa shape index (κ2) is 26.5. The van der Waals surface area contributed by atoms with E-state index in [-0.39, 0.29) is 36.7 Å². The van der Waals surface area contributed by atoms with Gasteiger partial charge in [0, 0.05) is 19.4 Å². The molecule has 376 valence electrons. The molecule has 10 nitrogen and oxygen atoms in total. The van der Waals surface area contributed by atoms with Gasteiger partial charge in [-0.15, -0.1) is 13.2 Å². The normalized spacial score (nSPS) is 14.9. The summed E-state index contributed by atoms with van der Waals surface area (Å²) < 4.78 is 20.9. The van der Waals surface area contributed by atoms with Crippen molar-refractivity contribution < 1.29 is 32.8 Å². The molecule has 3 amide bonds. The van der Waals surface area contributed by atoms with E-state index in [1.807, 2.05) is 69.3 Å². The number of carbonyl (C=O) groups is 4. The van der Waals surface area contributed by atoms with Gasteiger partial charge in [-0.3, -0.25) is 19.2 Å². The monoisotopic (exact) mass is 1070 g/mol. The van der Waals surface area contributed by atoms with Crippen LogP contribution in [0.2, 0.25) is 33.2 Å². The first-order valence-electron chi connectivity index (χ1n) is 24.6. The number of carbonyl (C=O) groups excluding carboxylic acids is 4. The Morgan fingerprint density at radius 2 is 1.22 bits per heavy atom. The average Bonchev–Trinajstić information content (AvgIpc) is 3.22. The Hall–Kier alpha value is -3.44. The summed E-state index contributed by atoms with van der Waals surface area (Å²) in [6.07, 6.45) is 2.57. The molecule has 2 aromatic rings. The minimum Gasteiger partial charge on any atom is -0.543 e. The maximum Gasteiger partial charge on any atom is 0.308 e. The van der Waals surface area contributed by atoms with Crippen molar-refractivity contribution in [2.24, 2.45) is 11.8 Å². The van der Waals surface area contributed by atoms with E-state index in [0.717, 1.165) is 26.2 Å². The van der Waals surface area contributed by atoms with Crippen LogP contribution < -0.4 is 19.5 Å². The Morgan fingerprint density at radius 3 is 1.69 bits per heavy atom. The average molecular weight is 1070 g/mol. The molecule has 0 saturated carbocycles. The van der Waals surface area contributed by atoms with Gasteiger partial charge in [-0.1, -0.05) is 127 Å². The van der Waals surface area contributed by atoms with Gasteiger partial charge < -0.3 is 29.1 Å². The lowest BCUT2D eigenvalue weighted by molar-refractivity contribution is -0.149. The minimum atomic E-state index is -2.27. The van der Waals surface area contributed by atoms with Crippen molar-refractivity contribution >= 4 is 62.9 Å². The number of likely N-dealkylation sites (N-methyl/N-ethyl adjacent to an activating group) is 1. The van der Waals surface area contributed by atoms with Gasteiger partial charge >= 0.3 is 5.97 Å². The van der Waals surface area contributed by atoms with Gasteiger partial charge in [-0.2, -0.15) is 0 Å². The van der Waals surface area contributed by atoms with Crippen LogP contribution in [0.4, 0.5) is 0 Å². The highest BCUT2D eigenvalue weighted by Crippen LogP contribution is 2.45. The lowest BCUT2D eigenvalue weighted by atomic mass is 9.99. The largest absolute Gasteiger partial charge is 0.543 e. The van der Waals surface area contributed by atoms with E-state index in [1.54, 1.807) is 20.9 Å². The molecule has 13 heteroatoms. The van der Waals surface area contributed by atoms with Crippen molar-refractivity contribution in [3.8, 4) is 11.5 Å². The topological polar surface area (TPSA) is 123 Å². The number of rotatable bonds is 27. The third-order valence-corrected chi connectivity index (χ3v) is 26.6. The van der Waals surface area contributed by atoms with Gasteiger partial charge in [0.2, 0.25) is 17.7 Å². The summed E-state index contributed by atoms with van der Waals surface area (Å²) in [6.45, 7) is 44.0. The maximum atomic E-state index is 15.0. The van der Waals surface area contributed by atoms with Crippen molar-refractivity contribution in [1.82, 2.24) is 15.5 Å². The van der Waals surface area contributed by atoms with Gasteiger partial charge in [-0.25, -0.2) is 0 Å². The number of halogens is 1. The van der Waals surface area contributed by atoms with Crippen LogP contribution in [0, 0.1) is 15.4 Å². The summed E-state index contributed by atoms with van der Waals surface area (Å²) in [5.74, 6) is -0.292. The second-order valence-corrected chi connectivity index (χ2v) is 33.1. The zero-order chi connectivity index (χ0) is 51.3. The van der Waals surface area contributed by atoms with E-state index in [1.165, 1.54) is 4.90 Å². The van der Waals surface area contributed by atoms with E-state index in [0.29, 0.717) is 51.7 Å².